The molecule has 0 aliphatic carbocycles. The van der Waals surface area contributed by atoms with Gasteiger partial charge >= 0.3 is 5.97 Å². The van der Waals surface area contributed by atoms with E-state index in [1.807, 2.05) is 0 Å². The zero-order chi connectivity index (χ0) is 10.2. The number of rotatable bonds is 1. The van der Waals surface area contributed by atoms with Crippen LogP contribution < -0.4 is 5.73 Å². The maximum atomic E-state index is 10.7. The molecule has 0 radical (unpaired) electrons. The van der Waals surface area contributed by atoms with Gasteiger partial charge in [-0.3, -0.25) is 0 Å². The number of carboxylic acid groups (broad SMARTS) is 1. The molecule has 0 unspecified atom stereocenters. The molecule has 1 aromatic rings. The summed E-state index contributed by atoms with van der Waals surface area (Å²) in [5.74, 6) is -1.03. The molecule has 0 saturated heterocycles. The number of nitrogens with two attached hydrogens (primary N) is 1. The van der Waals surface area contributed by atoms with Gasteiger partial charge in [-0.15, -0.1) is 0 Å². The van der Waals surface area contributed by atoms with Crippen molar-refractivity contribution in [3.63, 3.8) is 0 Å². The molecule has 0 aromatic heterocycles. The smallest absolute Gasteiger partial charge is 0.337 e. The highest BCUT2D eigenvalue weighted by Gasteiger charge is 2.13. The summed E-state index contributed by atoms with van der Waals surface area (Å²) in [5, 5.41) is 9.31. The minimum absolute atomic E-state index is 0.111. The van der Waals surface area contributed by atoms with Gasteiger partial charge in [0.1, 0.15) is 0 Å². The fourth-order valence-corrected chi connectivity index (χ4v) is 1.31. The van der Waals surface area contributed by atoms with Crippen LogP contribution in [0, 0.1) is 13.8 Å². The Balaban J connectivity index is 3.50. The molecule has 0 aliphatic rings. The molecule has 0 heterocycles. The van der Waals surface area contributed by atoms with Crippen LogP contribution in [0.5, 0.6) is 0 Å². The second-order valence-electron chi connectivity index (χ2n) is 2.90. The first kappa shape index (κ1) is 9.86. The van der Waals surface area contributed by atoms with Crippen LogP contribution in [-0.4, -0.2) is 11.1 Å². The van der Waals surface area contributed by atoms with Gasteiger partial charge in [0.15, 0.2) is 0 Å². The lowest BCUT2D eigenvalue weighted by Crippen LogP contribution is -2.05. The number of hydrogen-bond donors (Lipinski definition) is 2. The Hall–Kier alpha value is -1.22. The van der Waals surface area contributed by atoms with E-state index in [1.165, 1.54) is 6.07 Å². The quantitative estimate of drug-likeness (QED) is 0.682. The Kier molecular flexibility index (Phi) is 2.48. The number of halogens is 1. The van der Waals surface area contributed by atoms with Crippen LogP contribution in [0.4, 0.5) is 5.69 Å². The van der Waals surface area contributed by atoms with Gasteiger partial charge in [-0.25, -0.2) is 4.79 Å². The number of benzene rings is 1. The predicted molar refractivity (Wildman–Crippen MR) is 52.3 cm³/mol. The predicted octanol–water partition coefficient (Wildman–Crippen LogP) is 2.24. The molecule has 3 nitrogen and oxygen atoms in total. The molecule has 0 atom stereocenters. The molecule has 0 aliphatic heterocycles. The molecule has 0 fully saturated rings. The molecular weight excluding hydrogens is 190 g/mol. The average molecular weight is 200 g/mol. The van der Waals surface area contributed by atoms with Crippen LogP contribution in [-0.2, 0) is 0 Å². The molecule has 1 aromatic carbocycles. The second kappa shape index (κ2) is 3.26. The monoisotopic (exact) mass is 199 g/mol. The van der Waals surface area contributed by atoms with Gasteiger partial charge < -0.3 is 10.8 Å². The van der Waals surface area contributed by atoms with Crippen LogP contribution in [0.1, 0.15) is 21.5 Å². The van der Waals surface area contributed by atoms with Crippen molar-refractivity contribution in [1.29, 1.82) is 0 Å². The molecule has 0 amide bonds. The summed E-state index contributed by atoms with van der Waals surface area (Å²) in [7, 11) is 0. The largest absolute Gasteiger partial charge is 0.478 e. The first-order valence-corrected chi connectivity index (χ1v) is 4.11. The minimum Gasteiger partial charge on any atom is -0.478 e. The molecule has 13 heavy (non-hydrogen) atoms. The number of nitrogen functional groups attached to an aromatic ring is 1. The second-order valence-corrected chi connectivity index (χ2v) is 3.28. The van der Waals surface area contributed by atoms with E-state index in [2.05, 4.69) is 0 Å². The highest BCUT2D eigenvalue weighted by atomic mass is 35.5. The fourth-order valence-electron chi connectivity index (χ4n) is 1.15. The lowest BCUT2D eigenvalue weighted by atomic mass is 10.0. The molecule has 4 heteroatoms. The van der Waals surface area contributed by atoms with Crippen molar-refractivity contribution in [1.82, 2.24) is 0 Å². The summed E-state index contributed by atoms with van der Waals surface area (Å²) < 4.78 is 0. The highest BCUT2D eigenvalue weighted by molar-refractivity contribution is 6.32. The van der Waals surface area contributed by atoms with Crippen LogP contribution in [0.3, 0.4) is 0 Å². The van der Waals surface area contributed by atoms with Crippen LogP contribution in [0.2, 0.25) is 5.02 Å². The molecule has 70 valence electrons. The number of hydrogen-bond acceptors (Lipinski definition) is 2. The number of aromatic carboxylic acids is 1. The van der Waals surface area contributed by atoms with Crippen molar-refractivity contribution in [3.8, 4) is 0 Å². The van der Waals surface area contributed by atoms with Crippen LogP contribution in [0.15, 0.2) is 6.07 Å². The van der Waals surface area contributed by atoms with E-state index in [9.17, 15) is 4.79 Å². The topological polar surface area (TPSA) is 63.3 Å². The molecular formula is C9H10ClNO2. The maximum Gasteiger partial charge on any atom is 0.337 e. The lowest BCUT2D eigenvalue weighted by Gasteiger charge is -2.09. The van der Waals surface area contributed by atoms with E-state index < -0.39 is 5.97 Å². The summed E-state index contributed by atoms with van der Waals surface area (Å²) in [6.07, 6.45) is 0. The fraction of sp³-hybridized carbons (Fsp3) is 0.222. The van der Waals surface area contributed by atoms with Gasteiger partial charge in [-0.1, -0.05) is 11.6 Å². The summed E-state index contributed by atoms with van der Waals surface area (Å²) in [5.41, 5.74) is 7.29. The van der Waals surface area contributed by atoms with Crippen molar-refractivity contribution in [3.05, 3.63) is 27.8 Å². The van der Waals surface area contributed by atoms with Crippen molar-refractivity contribution in [2.24, 2.45) is 0 Å². The van der Waals surface area contributed by atoms with Crippen molar-refractivity contribution in [2.75, 3.05) is 5.73 Å². The molecule has 0 spiro atoms. The summed E-state index contributed by atoms with van der Waals surface area (Å²) in [4.78, 5) is 10.7. The summed E-state index contributed by atoms with van der Waals surface area (Å²) in [6, 6.07) is 1.48. The zero-order valence-electron chi connectivity index (χ0n) is 7.39. The molecule has 0 bridgehead atoms. The van der Waals surface area contributed by atoms with E-state index >= 15 is 0 Å². The lowest BCUT2D eigenvalue weighted by molar-refractivity contribution is 0.0698. The summed E-state index contributed by atoms with van der Waals surface area (Å²) >= 11 is 5.89. The Labute approximate surface area is 81.1 Å². The van der Waals surface area contributed by atoms with Gasteiger partial charge in [-0.2, -0.15) is 0 Å². The van der Waals surface area contributed by atoms with Crippen molar-refractivity contribution < 1.29 is 9.90 Å². The van der Waals surface area contributed by atoms with E-state index in [0.29, 0.717) is 10.6 Å². The Bertz CT molecular complexity index is 374. The first-order chi connectivity index (χ1) is 5.95. The van der Waals surface area contributed by atoms with E-state index in [1.54, 1.807) is 13.8 Å². The Morgan fingerprint density at radius 1 is 1.54 bits per heavy atom. The van der Waals surface area contributed by atoms with Gasteiger partial charge in [0.25, 0.3) is 0 Å². The van der Waals surface area contributed by atoms with Crippen molar-refractivity contribution >= 4 is 23.3 Å². The first-order valence-electron chi connectivity index (χ1n) is 3.73. The third kappa shape index (κ3) is 1.60. The van der Waals surface area contributed by atoms with E-state index in [4.69, 9.17) is 22.4 Å². The van der Waals surface area contributed by atoms with E-state index in [-0.39, 0.29) is 11.3 Å². The molecule has 3 N–H and O–H groups in total. The molecule has 1 rings (SSSR count). The van der Waals surface area contributed by atoms with Gasteiger partial charge in [0, 0.05) is 5.02 Å². The number of carbonyl (C=O) groups is 1. The van der Waals surface area contributed by atoms with Crippen molar-refractivity contribution in [2.45, 2.75) is 13.8 Å². The van der Waals surface area contributed by atoms with Crippen LogP contribution in [0.25, 0.3) is 0 Å². The average Bonchev–Trinajstić information content (AvgIpc) is 2.07. The minimum atomic E-state index is -1.03. The van der Waals surface area contributed by atoms with Crippen LogP contribution >= 0.6 is 11.6 Å². The maximum absolute atomic E-state index is 10.7. The third-order valence-electron chi connectivity index (χ3n) is 1.96. The normalized spacial score (nSPS) is 10.1. The number of aryl methyl sites for hydroxylation is 1. The Morgan fingerprint density at radius 2 is 2.08 bits per heavy atom. The standard InChI is InChI=1S/C9H10ClNO2/c1-4-3-6(9(12)13)8(11)5(2)7(4)10/h3H,11H2,1-2H3,(H,12,13). The Morgan fingerprint density at radius 3 is 2.54 bits per heavy atom. The van der Waals surface area contributed by atoms with Gasteiger partial charge in [-0.05, 0) is 31.0 Å². The number of carboxylic acids is 1. The van der Waals surface area contributed by atoms with Gasteiger partial charge in [0.05, 0.1) is 11.3 Å². The number of anilines is 1. The highest BCUT2D eigenvalue weighted by Crippen LogP contribution is 2.28. The van der Waals surface area contributed by atoms with E-state index in [0.717, 1.165) is 5.56 Å². The SMILES string of the molecule is Cc1cc(C(=O)O)c(N)c(C)c1Cl. The zero-order valence-corrected chi connectivity index (χ0v) is 8.14. The summed E-state index contributed by atoms with van der Waals surface area (Å²) in [6.45, 7) is 3.46. The van der Waals surface area contributed by atoms with Gasteiger partial charge in [0.2, 0.25) is 0 Å². The third-order valence-corrected chi connectivity index (χ3v) is 2.54. The molecule has 0 saturated carbocycles.